The lowest BCUT2D eigenvalue weighted by Gasteiger charge is -2.22. The Kier molecular flexibility index (Phi) is 3.19. The number of nitrogens with zero attached hydrogens (tertiary/aromatic N) is 1. The van der Waals surface area contributed by atoms with Crippen LogP contribution in [0.2, 0.25) is 0 Å². The van der Waals surface area contributed by atoms with Gasteiger partial charge in [-0.05, 0) is 18.4 Å². The van der Waals surface area contributed by atoms with E-state index in [4.69, 9.17) is 9.47 Å². The van der Waals surface area contributed by atoms with E-state index in [0.717, 1.165) is 31.6 Å². The highest BCUT2D eigenvalue weighted by Gasteiger charge is 2.41. The Balaban J connectivity index is 1.56. The molecule has 1 aromatic rings. The molecule has 1 unspecified atom stereocenters. The number of hydrogen-bond acceptors (Lipinski definition) is 3. The van der Waals surface area contributed by atoms with E-state index in [0.29, 0.717) is 6.61 Å². The molecular weight excluding hydrogens is 230 g/mol. The lowest BCUT2D eigenvalue weighted by Crippen LogP contribution is -2.37. The van der Waals surface area contributed by atoms with Crippen molar-refractivity contribution in [3.05, 3.63) is 35.9 Å². The fourth-order valence-corrected chi connectivity index (χ4v) is 2.73. The van der Waals surface area contributed by atoms with Gasteiger partial charge in [0, 0.05) is 13.2 Å². The first-order valence-electron chi connectivity index (χ1n) is 6.43. The predicted molar refractivity (Wildman–Crippen MR) is 66.1 cm³/mol. The number of benzene rings is 1. The van der Waals surface area contributed by atoms with E-state index in [9.17, 15) is 4.79 Å². The Labute approximate surface area is 106 Å². The summed E-state index contributed by atoms with van der Waals surface area (Å²) < 4.78 is 10.9. The number of carbonyl (C=O) groups is 1. The largest absolute Gasteiger partial charge is 0.445 e. The van der Waals surface area contributed by atoms with Crippen LogP contribution in [0, 0.1) is 0 Å². The monoisotopic (exact) mass is 247 g/mol. The average Bonchev–Trinajstić information content (AvgIpc) is 2.99. The zero-order valence-electron chi connectivity index (χ0n) is 10.2. The van der Waals surface area contributed by atoms with Gasteiger partial charge in [-0.25, -0.2) is 4.79 Å². The van der Waals surface area contributed by atoms with Gasteiger partial charge >= 0.3 is 6.09 Å². The van der Waals surface area contributed by atoms with Crippen LogP contribution in [0.3, 0.4) is 0 Å². The maximum Gasteiger partial charge on any atom is 0.410 e. The third-order valence-corrected chi connectivity index (χ3v) is 3.67. The molecule has 2 aliphatic heterocycles. The topological polar surface area (TPSA) is 38.8 Å². The molecular formula is C14H17NO3. The molecule has 0 bridgehead atoms. The van der Waals surface area contributed by atoms with Gasteiger partial charge in [0.1, 0.15) is 6.61 Å². The maximum atomic E-state index is 12.0. The zero-order chi connectivity index (χ0) is 12.4. The minimum Gasteiger partial charge on any atom is -0.445 e. The minimum absolute atomic E-state index is 0.211. The number of hydrogen-bond donors (Lipinski definition) is 0. The van der Waals surface area contributed by atoms with Gasteiger partial charge in [0.25, 0.3) is 0 Å². The molecule has 2 fully saturated rings. The summed E-state index contributed by atoms with van der Waals surface area (Å²) in [4.78, 5) is 13.8. The quantitative estimate of drug-likeness (QED) is 0.804. The van der Waals surface area contributed by atoms with Gasteiger partial charge in [-0.15, -0.1) is 0 Å². The predicted octanol–water partition coefficient (Wildman–Crippen LogP) is 2.19. The van der Waals surface area contributed by atoms with Crippen LogP contribution in [0.4, 0.5) is 4.79 Å². The lowest BCUT2D eigenvalue weighted by atomic mass is 10.1. The minimum atomic E-state index is -0.211. The van der Waals surface area contributed by atoms with Gasteiger partial charge in [0.05, 0.1) is 12.1 Å². The molecule has 0 aromatic heterocycles. The van der Waals surface area contributed by atoms with Crippen molar-refractivity contribution in [2.45, 2.75) is 31.6 Å². The highest BCUT2D eigenvalue weighted by Crippen LogP contribution is 2.29. The molecule has 0 aliphatic carbocycles. The summed E-state index contributed by atoms with van der Waals surface area (Å²) in [7, 11) is 0. The molecule has 2 heterocycles. The number of carbonyl (C=O) groups excluding carboxylic acids is 1. The van der Waals surface area contributed by atoms with Crippen LogP contribution in [0.15, 0.2) is 30.3 Å². The molecule has 0 spiro atoms. The Morgan fingerprint density at radius 1 is 1.33 bits per heavy atom. The Morgan fingerprint density at radius 3 is 3.00 bits per heavy atom. The third kappa shape index (κ3) is 2.20. The highest BCUT2D eigenvalue weighted by atomic mass is 16.6. The first-order valence-corrected chi connectivity index (χ1v) is 6.43. The van der Waals surface area contributed by atoms with Crippen LogP contribution in [0.25, 0.3) is 0 Å². The van der Waals surface area contributed by atoms with Crippen LogP contribution in [-0.4, -0.2) is 36.3 Å². The summed E-state index contributed by atoms with van der Waals surface area (Å²) in [5, 5.41) is 0. The van der Waals surface area contributed by atoms with Crippen LogP contribution in [-0.2, 0) is 16.1 Å². The van der Waals surface area contributed by atoms with Gasteiger partial charge in [-0.3, -0.25) is 0 Å². The van der Waals surface area contributed by atoms with Gasteiger partial charge in [0.2, 0.25) is 0 Å². The smallest absolute Gasteiger partial charge is 0.410 e. The second-order valence-electron chi connectivity index (χ2n) is 4.79. The van der Waals surface area contributed by atoms with E-state index in [-0.39, 0.29) is 18.2 Å². The fourth-order valence-electron chi connectivity index (χ4n) is 2.73. The molecule has 3 rings (SSSR count). The first-order chi connectivity index (χ1) is 8.84. The average molecular weight is 247 g/mol. The van der Waals surface area contributed by atoms with Crippen molar-refractivity contribution in [1.82, 2.24) is 4.90 Å². The van der Waals surface area contributed by atoms with Crippen LogP contribution in [0.1, 0.15) is 18.4 Å². The van der Waals surface area contributed by atoms with E-state index in [1.54, 1.807) is 0 Å². The molecule has 2 atom stereocenters. The maximum absolute atomic E-state index is 12.0. The normalized spacial score (nSPS) is 26.1. The van der Waals surface area contributed by atoms with Crippen molar-refractivity contribution < 1.29 is 14.3 Å². The summed E-state index contributed by atoms with van der Waals surface area (Å²) in [6, 6.07) is 9.98. The van der Waals surface area contributed by atoms with E-state index in [2.05, 4.69) is 0 Å². The molecule has 96 valence electrons. The molecule has 0 N–H and O–H groups in total. The van der Waals surface area contributed by atoms with E-state index in [1.807, 2.05) is 35.2 Å². The zero-order valence-corrected chi connectivity index (χ0v) is 10.2. The fraction of sp³-hybridized carbons (Fsp3) is 0.500. The Morgan fingerprint density at radius 2 is 2.17 bits per heavy atom. The molecule has 4 heteroatoms. The van der Waals surface area contributed by atoms with Crippen molar-refractivity contribution in [2.24, 2.45) is 0 Å². The molecule has 2 saturated heterocycles. The van der Waals surface area contributed by atoms with Crippen molar-refractivity contribution in [1.29, 1.82) is 0 Å². The van der Waals surface area contributed by atoms with Crippen molar-refractivity contribution in [3.63, 3.8) is 0 Å². The first kappa shape index (κ1) is 11.5. The standard InChI is InChI=1S/C14H17NO3/c16-14(18-10-11-4-2-1-3-5-11)15-8-6-13-12(15)7-9-17-13/h1-5,12-13H,6-10H2/t12-,13?/m1/s1. The molecule has 1 aromatic carbocycles. The van der Waals surface area contributed by atoms with Crippen LogP contribution >= 0.6 is 0 Å². The van der Waals surface area contributed by atoms with E-state index < -0.39 is 0 Å². The summed E-state index contributed by atoms with van der Waals surface area (Å²) >= 11 is 0. The summed E-state index contributed by atoms with van der Waals surface area (Å²) in [5.74, 6) is 0. The molecule has 0 saturated carbocycles. The Hall–Kier alpha value is -1.55. The van der Waals surface area contributed by atoms with E-state index >= 15 is 0 Å². The second kappa shape index (κ2) is 4.98. The molecule has 4 nitrogen and oxygen atoms in total. The number of likely N-dealkylation sites (tertiary alicyclic amines) is 1. The molecule has 0 radical (unpaired) electrons. The summed E-state index contributed by atoms with van der Waals surface area (Å²) in [6.45, 7) is 1.86. The Bertz CT molecular complexity index is 420. The molecule has 2 aliphatic rings. The number of amides is 1. The number of rotatable bonds is 2. The van der Waals surface area contributed by atoms with Crippen LogP contribution < -0.4 is 0 Å². The highest BCUT2D eigenvalue weighted by molar-refractivity contribution is 5.68. The number of ether oxygens (including phenoxy) is 2. The van der Waals surface area contributed by atoms with Gasteiger partial charge in [-0.2, -0.15) is 0 Å². The van der Waals surface area contributed by atoms with Crippen molar-refractivity contribution in [2.75, 3.05) is 13.2 Å². The van der Waals surface area contributed by atoms with Gasteiger partial charge in [0.15, 0.2) is 0 Å². The van der Waals surface area contributed by atoms with Crippen LogP contribution in [0.5, 0.6) is 0 Å². The van der Waals surface area contributed by atoms with Gasteiger partial charge < -0.3 is 14.4 Å². The lowest BCUT2D eigenvalue weighted by molar-refractivity contribution is 0.0819. The third-order valence-electron chi connectivity index (χ3n) is 3.67. The van der Waals surface area contributed by atoms with Crippen molar-refractivity contribution >= 4 is 6.09 Å². The summed E-state index contributed by atoms with van der Waals surface area (Å²) in [6.07, 6.45) is 1.89. The SMILES string of the molecule is O=C(OCc1ccccc1)N1CCC2OCC[C@H]21. The van der Waals surface area contributed by atoms with Crippen molar-refractivity contribution in [3.8, 4) is 0 Å². The van der Waals surface area contributed by atoms with E-state index in [1.165, 1.54) is 0 Å². The second-order valence-corrected chi connectivity index (χ2v) is 4.79. The molecule has 1 amide bonds. The summed E-state index contributed by atoms with van der Waals surface area (Å²) in [5.41, 5.74) is 1.02. The number of fused-ring (bicyclic) bond motifs is 1. The van der Waals surface area contributed by atoms with Gasteiger partial charge in [-0.1, -0.05) is 30.3 Å². The molecule has 18 heavy (non-hydrogen) atoms.